The van der Waals surface area contributed by atoms with Crippen molar-refractivity contribution >= 4 is 11.9 Å². The highest BCUT2D eigenvalue weighted by atomic mass is 19.1. The van der Waals surface area contributed by atoms with Gasteiger partial charge in [-0.2, -0.15) is 0 Å². The van der Waals surface area contributed by atoms with Crippen molar-refractivity contribution in [3.63, 3.8) is 0 Å². The third-order valence-electron chi connectivity index (χ3n) is 5.58. The van der Waals surface area contributed by atoms with Crippen LogP contribution in [0.15, 0.2) is 48.5 Å². The molecule has 0 spiro atoms. The maximum absolute atomic E-state index is 14.1. The smallest absolute Gasteiger partial charge is 0.312 e. The molecule has 0 saturated carbocycles. The topological polar surface area (TPSA) is 84.7 Å². The van der Waals surface area contributed by atoms with E-state index in [1.54, 1.807) is 11.0 Å². The standard InChI is InChI=1S/C22H26FN3O3/c1-14-17(16-8-9-20(29-2)18(23)12-16)10-11-26(14)21(27)13-19(25-22(24)28)15-6-4-3-5-7-15/h3-9,12,14,17,19H,10-11,13H2,1-2H3,(H3,24,25,28). The van der Waals surface area contributed by atoms with E-state index < -0.39 is 17.9 Å². The van der Waals surface area contributed by atoms with Crippen molar-refractivity contribution < 1.29 is 18.7 Å². The molecule has 29 heavy (non-hydrogen) atoms. The van der Waals surface area contributed by atoms with Crippen molar-refractivity contribution in [3.8, 4) is 5.75 Å². The second kappa shape index (κ2) is 8.94. The lowest BCUT2D eigenvalue weighted by Gasteiger charge is -2.27. The molecule has 0 bridgehead atoms. The van der Waals surface area contributed by atoms with E-state index in [0.717, 1.165) is 17.5 Å². The molecular formula is C22H26FN3O3. The summed E-state index contributed by atoms with van der Waals surface area (Å²) in [6.45, 7) is 2.55. The van der Waals surface area contributed by atoms with Crippen LogP contribution in [0.5, 0.6) is 5.75 Å². The first-order chi connectivity index (χ1) is 13.9. The summed E-state index contributed by atoms with van der Waals surface area (Å²) in [5.74, 6) is -0.234. The number of nitrogens with zero attached hydrogens (tertiary/aromatic N) is 1. The number of hydrogen-bond acceptors (Lipinski definition) is 3. The first-order valence-corrected chi connectivity index (χ1v) is 9.64. The molecule has 0 radical (unpaired) electrons. The molecule has 3 unspecified atom stereocenters. The molecule has 3 amide bonds. The number of halogens is 1. The van der Waals surface area contributed by atoms with Crippen LogP contribution in [0.25, 0.3) is 0 Å². The predicted octanol–water partition coefficient (Wildman–Crippen LogP) is 3.34. The molecule has 3 atom stereocenters. The molecule has 1 aliphatic heterocycles. The number of urea groups is 1. The number of hydrogen-bond donors (Lipinski definition) is 2. The largest absolute Gasteiger partial charge is 0.494 e. The van der Waals surface area contributed by atoms with E-state index in [4.69, 9.17) is 10.5 Å². The van der Waals surface area contributed by atoms with Gasteiger partial charge in [-0.1, -0.05) is 36.4 Å². The zero-order chi connectivity index (χ0) is 21.0. The normalized spacial score (nSPS) is 19.6. The van der Waals surface area contributed by atoms with Crippen molar-refractivity contribution in [3.05, 3.63) is 65.5 Å². The van der Waals surface area contributed by atoms with Gasteiger partial charge in [-0.05, 0) is 36.6 Å². The van der Waals surface area contributed by atoms with Crippen molar-refractivity contribution in [2.75, 3.05) is 13.7 Å². The van der Waals surface area contributed by atoms with Crippen LogP contribution in [0.2, 0.25) is 0 Å². The Morgan fingerprint density at radius 3 is 2.62 bits per heavy atom. The van der Waals surface area contributed by atoms with E-state index in [1.807, 2.05) is 43.3 Å². The minimum atomic E-state index is -0.673. The van der Waals surface area contributed by atoms with E-state index >= 15 is 0 Å². The van der Waals surface area contributed by atoms with E-state index in [2.05, 4.69) is 5.32 Å². The zero-order valence-electron chi connectivity index (χ0n) is 16.6. The minimum absolute atomic E-state index is 0.0404. The number of rotatable bonds is 6. The highest BCUT2D eigenvalue weighted by molar-refractivity contribution is 5.79. The Labute approximate surface area is 169 Å². The summed E-state index contributed by atoms with van der Waals surface area (Å²) in [5.41, 5.74) is 6.97. The Morgan fingerprint density at radius 1 is 1.28 bits per heavy atom. The van der Waals surface area contributed by atoms with Gasteiger partial charge < -0.3 is 20.7 Å². The molecule has 3 rings (SSSR count). The molecule has 2 aromatic rings. The van der Waals surface area contributed by atoms with Crippen LogP contribution in [0.4, 0.5) is 9.18 Å². The zero-order valence-corrected chi connectivity index (χ0v) is 16.6. The SMILES string of the molecule is COc1ccc(C2CCN(C(=O)CC(NC(N)=O)c3ccccc3)C2C)cc1F. The van der Waals surface area contributed by atoms with Gasteiger partial charge >= 0.3 is 6.03 Å². The highest BCUT2D eigenvalue weighted by Crippen LogP contribution is 2.36. The molecule has 1 saturated heterocycles. The second-order valence-corrected chi connectivity index (χ2v) is 7.29. The van der Waals surface area contributed by atoms with Gasteiger partial charge in [0.2, 0.25) is 5.91 Å². The molecule has 1 heterocycles. The molecule has 154 valence electrons. The van der Waals surface area contributed by atoms with E-state index in [9.17, 15) is 14.0 Å². The van der Waals surface area contributed by atoms with Crippen molar-refractivity contribution in [1.29, 1.82) is 0 Å². The van der Waals surface area contributed by atoms with Gasteiger partial charge in [-0.3, -0.25) is 4.79 Å². The lowest BCUT2D eigenvalue weighted by molar-refractivity contribution is -0.132. The number of amides is 3. The van der Waals surface area contributed by atoms with Crippen LogP contribution in [0.3, 0.4) is 0 Å². The maximum Gasteiger partial charge on any atom is 0.312 e. The lowest BCUT2D eigenvalue weighted by atomic mass is 9.92. The fourth-order valence-corrected chi connectivity index (χ4v) is 4.05. The Morgan fingerprint density at radius 2 is 2.00 bits per heavy atom. The average Bonchev–Trinajstić information content (AvgIpc) is 3.09. The summed E-state index contributed by atoms with van der Waals surface area (Å²) in [6.07, 6.45) is 0.860. The molecule has 7 heteroatoms. The summed E-state index contributed by atoms with van der Waals surface area (Å²) in [5, 5.41) is 2.66. The molecule has 2 aromatic carbocycles. The Hall–Kier alpha value is -3.09. The maximum atomic E-state index is 14.1. The van der Waals surface area contributed by atoms with Crippen molar-refractivity contribution in [2.24, 2.45) is 5.73 Å². The molecule has 6 nitrogen and oxygen atoms in total. The molecule has 0 aliphatic carbocycles. The first kappa shape index (κ1) is 20.6. The van der Waals surface area contributed by atoms with Crippen LogP contribution in [0, 0.1) is 5.82 Å². The Bertz CT molecular complexity index is 875. The van der Waals surface area contributed by atoms with Gasteiger partial charge in [-0.15, -0.1) is 0 Å². The first-order valence-electron chi connectivity index (χ1n) is 9.64. The Kier molecular flexibility index (Phi) is 6.36. The number of nitrogens with two attached hydrogens (primary N) is 1. The second-order valence-electron chi connectivity index (χ2n) is 7.29. The van der Waals surface area contributed by atoms with Crippen LogP contribution in [0.1, 0.15) is 42.9 Å². The summed E-state index contributed by atoms with van der Waals surface area (Å²) in [4.78, 5) is 26.2. The number of carbonyl (C=O) groups excluding carboxylic acids is 2. The number of carbonyl (C=O) groups is 2. The lowest BCUT2D eigenvalue weighted by Crippen LogP contribution is -2.40. The number of likely N-dealkylation sites (tertiary alicyclic amines) is 1. The van der Waals surface area contributed by atoms with Gasteiger partial charge in [0.05, 0.1) is 19.6 Å². The summed E-state index contributed by atoms with van der Waals surface area (Å²) < 4.78 is 19.1. The van der Waals surface area contributed by atoms with E-state index in [0.29, 0.717) is 6.54 Å². The molecule has 3 N–H and O–H groups in total. The van der Waals surface area contributed by atoms with Crippen LogP contribution in [-0.4, -0.2) is 36.5 Å². The third kappa shape index (κ3) is 4.67. The number of benzene rings is 2. The monoisotopic (exact) mass is 399 g/mol. The fraction of sp³-hybridized carbons (Fsp3) is 0.364. The average molecular weight is 399 g/mol. The number of primary amides is 1. The summed E-state index contributed by atoms with van der Waals surface area (Å²) in [6, 6.07) is 13.0. The highest BCUT2D eigenvalue weighted by Gasteiger charge is 2.36. The Balaban J connectivity index is 1.72. The van der Waals surface area contributed by atoms with Crippen molar-refractivity contribution in [2.45, 2.75) is 37.8 Å². The van der Waals surface area contributed by atoms with Gasteiger partial charge in [-0.25, -0.2) is 9.18 Å². The van der Waals surface area contributed by atoms with E-state index in [-0.39, 0.29) is 30.0 Å². The van der Waals surface area contributed by atoms with Crippen LogP contribution >= 0.6 is 0 Å². The fourth-order valence-electron chi connectivity index (χ4n) is 4.05. The molecule has 0 aromatic heterocycles. The summed E-state index contributed by atoms with van der Waals surface area (Å²) in [7, 11) is 1.43. The van der Waals surface area contributed by atoms with Gasteiger partial charge in [0, 0.05) is 18.5 Å². The van der Waals surface area contributed by atoms with Gasteiger partial charge in [0.25, 0.3) is 0 Å². The number of nitrogens with one attached hydrogen (secondary N) is 1. The van der Waals surface area contributed by atoms with E-state index in [1.165, 1.54) is 13.2 Å². The third-order valence-corrected chi connectivity index (χ3v) is 5.58. The predicted molar refractivity (Wildman–Crippen MR) is 108 cm³/mol. The van der Waals surface area contributed by atoms with Gasteiger partial charge in [0.15, 0.2) is 11.6 Å². The molecular weight excluding hydrogens is 373 g/mol. The minimum Gasteiger partial charge on any atom is -0.494 e. The molecule has 1 aliphatic rings. The van der Waals surface area contributed by atoms with Crippen LogP contribution < -0.4 is 15.8 Å². The molecule has 1 fully saturated rings. The van der Waals surface area contributed by atoms with Crippen molar-refractivity contribution in [1.82, 2.24) is 10.2 Å². The number of ether oxygens (including phenoxy) is 1. The van der Waals surface area contributed by atoms with Gasteiger partial charge in [0.1, 0.15) is 0 Å². The number of methoxy groups -OCH3 is 1. The van der Waals surface area contributed by atoms with Crippen LogP contribution in [-0.2, 0) is 4.79 Å². The quantitative estimate of drug-likeness (QED) is 0.781. The summed E-state index contributed by atoms with van der Waals surface area (Å²) >= 11 is 0.